The summed E-state index contributed by atoms with van der Waals surface area (Å²) in [6, 6.07) is 12.6. The van der Waals surface area contributed by atoms with Gasteiger partial charge in [-0.15, -0.1) is 10.2 Å². The molecule has 0 saturated heterocycles. The molecule has 208 valence electrons. The molecule has 0 amide bonds. The van der Waals surface area contributed by atoms with Crippen molar-refractivity contribution in [2.24, 2.45) is 0 Å². The molecule has 0 unspecified atom stereocenters. The number of thioether (sulfide) groups is 1. The Morgan fingerprint density at radius 2 is 1.53 bits per heavy atom. The van der Waals surface area contributed by atoms with Gasteiger partial charge >= 0.3 is 0 Å². The smallest absolute Gasteiger partial charge is 0.191 e. The monoisotopic (exact) mass is 543 g/mol. The molecule has 0 aliphatic carbocycles. The SMILES string of the molecule is CC.CC.CCn1c(CCC(=O)c2ccc(OC)c(OC)c2)nnc1SCC(=O)Cc1ccc(OC)cc1. The first-order valence-electron chi connectivity index (χ1n) is 12.9. The number of rotatable bonds is 13. The normalized spacial score (nSPS) is 9.89. The highest BCUT2D eigenvalue weighted by Gasteiger charge is 2.16. The average Bonchev–Trinajstić information content (AvgIpc) is 3.38. The number of carbonyl (C=O) groups excluding carboxylic acids is 2. The van der Waals surface area contributed by atoms with Crippen LogP contribution in [-0.4, -0.2) is 53.4 Å². The molecule has 0 aliphatic rings. The van der Waals surface area contributed by atoms with Crippen LogP contribution in [0.5, 0.6) is 17.2 Å². The lowest BCUT2D eigenvalue weighted by atomic mass is 10.1. The van der Waals surface area contributed by atoms with Crippen molar-refractivity contribution in [2.75, 3.05) is 27.1 Å². The Balaban J connectivity index is 0.00000172. The van der Waals surface area contributed by atoms with E-state index in [0.29, 0.717) is 47.4 Å². The highest BCUT2D eigenvalue weighted by atomic mass is 32.2. The summed E-state index contributed by atoms with van der Waals surface area (Å²) in [6.07, 6.45) is 1.09. The van der Waals surface area contributed by atoms with Gasteiger partial charge in [0.1, 0.15) is 17.4 Å². The van der Waals surface area contributed by atoms with Gasteiger partial charge in [-0.3, -0.25) is 9.59 Å². The quantitative estimate of drug-likeness (QED) is 0.189. The number of Topliss-reactive ketones (excluding diaryl/α,β-unsaturated/α-hetero) is 2. The molecule has 0 atom stereocenters. The maximum atomic E-state index is 12.7. The van der Waals surface area contributed by atoms with Crippen molar-refractivity contribution in [1.29, 1.82) is 0 Å². The van der Waals surface area contributed by atoms with E-state index in [0.717, 1.165) is 17.1 Å². The molecule has 9 heteroatoms. The molecule has 0 radical (unpaired) electrons. The van der Waals surface area contributed by atoms with Gasteiger partial charge in [0.15, 0.2) is 22.4 Å². The minimum absolute atomic E-state index is 0.0181. The van der Waals surface area contributed by atoms with E-state index < -0.39 is 0 Å². The number of nitrogens with zero attached hydrogens (tertiary/aromatic N) is 3. The number of hydrogen-bond donors (Lipinski definition) is 0. The number of ether oxygens (including phenoxy) is 3. The lowest BCUT2D eigenvalue weighted by molar-refractivity contribution is -0.116. The Kier molecular flexibility index (Phi) is 15.5. The topological polar surface area (TPSA) is 92.5 Å². The third-order valence-corrected chi connectivity index (χ3v) is 6.34. The van der Waals surface area contributed by atoms with Crippen LogP contribution >= 0.6 is 11.8 Å². The minimum atomic E-state index is -0.0181. The van der Waals surface area contributed by atoms with Crippen LogP contribution < -0.4 is 14.2 Å². The predicted molar refractivity (Wildman–Crippen MR) is 153 cm³/mol. The van der Waals surface area contributed by atoms with E-state index in [4.69, 9.17) is 14.2 Å². The zero-order chi connectivity index (χ0) is 28.5. The van der Waals surface area contributed by atoms with Crippen LogP contribution in [0.4, 0.5) is 0 Å². The fourth-order valence-corrected chi connectivity index (χ4v) is 4.36. The van der Waals surface area contributed by atoms with Gasteiger partial charge in [-0.2, -0.15) is 0 Å². The predicted octanol–water partition coefficient (Wildman–Crippen LogP) is 6.10. The second-order valence-electron chi connectivity index (χ2n) is 7.49. The van der Waals surface area contributed by atoms with Crippen molar-refractivity contribution < 1.29 is 23.8 Å². The third-order valence-electron chi connectivity index (χ3n) is 5.31. The molecule has 3 rings (SSSR count). The molecule has 0 aliphatic heterocycles. The summed E-state index contributed by atoms with van der Waals surface area (Å²) in [5.74, 6) is 2.96. The molecule has 0 spiro atoms. The summed E-state index contributed by atoms with van der Waals surface area (Å²) in [4.78, 5) is 25.2. The van der Waals surface area contributed by atoms with Crippen LogP contribution in [0.15, 0.2) is 47.6 Å². The first-order chi connectivity index (χ1) is 18.5. The maximum absolute atomic E-state index is 12.7. The van der Waals surface area contributed by atoms with Crippen molar-refractivity contribution in [2.45, 2.75) is 65.6 Å². The third kappa shape index (κ3) is 9.52. The molecule has 0 fully saturated rings. The number of carbonyl (C=O) groups is 2. The zero-order valence-electron chi connectivity index (χ0n) is 23.9. The van der Waals surface area contributed by atoms with Crippen molar-refractivity contribution >= 4 is 23.3 Å². The summed E-state index contributed by atoms with van der Waals surface area (Å²) in [5.41, 5.74) is 1.50. The highest BCUT2D eigenvalue weighted by Crippen LogP contribution is 2.28. The fraction of sp³-hybridized carbons (Fsp3) is 0.448. The molecule has 1 heterocycles. The standard InChI is InChI=1S/C25H29N3O5S.2C2H6/c1-5-28-24(13-11-21(30)18-8-12-22(32-3)23(15-18)33-4)26-27-25(28)34-16-19(29)14-17-6-9-20(31-2)10-7-17;2*1-2/h6-10,12,15H,5,11,13-14,16H2,1-4H3;2*1-2H3. The van der Waals surface area contributed by atoms with Crippen molar-refractivity contribution in [1.82, 2.24) is 14.8 Å². The fourth-order valence-electron chi connectivity index (χ4n) is 3.47. The number of benzene rings is 2. The summed E-state index contributed by atoms with van der Waals surface area (Å²) in [7, 11) is 4.71. The van der Waals surface area contributed by atoms with Crippen LogP contribution in [0, 0.1) is 0 Å². The molecule has 2 aromatic carbocycles. The van der Waals surface area contributed by atoms with Crippen LogP contribution in [0.3, 0.4) is 0 Å². The van der Waals surface area contributed by atoms with Crippen molar-refractivity contribution in [3.05, 3.63) is 59.4 Å². The van der Waals surface area contributed by atoms with E-state index in [2.05, 4.69) is 10.2 Å². The first-order valence-corrected chi connectivity index (χ1v) is 13.9. The number of methoxy groups -OCH3 is 3. The number of aromatic nitrogens is 3. The van der Waals surface area contributed by atoms with Gasteiger partial charge in [-0.1, -0.05) is 51.6 Å². The summed E-state index contributed by atoms with van der Waals surface area (Å²) >= 11 is 1.37. The molecule has 0 saturated carbocycles. The Bertz CT molecular complexity index is 1130. The molecule has 0 N–H and O–H groups in total. The highest BCUT2D eigenvalue weighted by molar-refractivity contribution is 7.99. The van der Waals surface area contributed by atoms with Gasteiger partial charge in [0.05, 0.1) is 27.1 Å². The lowest BCUT2D eigenvalue weighted by Crippen LogP contribution is -2.09. The van der Waals surface area contributed by atoms with Gasteiger partial charge in [0, 0.05) is 31.4 Å². The largest absolute Gasteiger partial charge is 0.497 e. The zero-order valence-corrected chi connectivity index (χ0v) is 24.7. The van der Waals surface area contributed by atoms with E-state index in [1.165, 1.54) is 18.9 Å². The van der Waals surface area contributed by atoms with E-state index >= 15 is 0 Å². The van der Waals surface area contributed by atoms with E-state index in [1.807, 2.05) is 63.5 Å². The molecule has 3 aromatic rings. The second-order valence-corrected chi connectivity index (χ2v) is 8.43. The Hall–Kier alpha value is -3.33. The molecular weight excluding hydrogens is 502 g/mol. The summed E-state index contributed by atoms with van der Waals surface area (Å²) in [6.45, 7) is 10.6. The van der Waals surface area contributed by atoms with Crippen LogP contribution in [-0.2, 0) is 24.2 Å². The Morgan fingerprint density at radius 3 is 2.11 bits per heavy atom. The van der Waals surface area contributed by atoms with Crippen LogP contribution in [0.25, 0.3) is 0 Å². The summed E-state index contributed by atoms with van der Waals surface area (Å²) < 4.78 is 17.6. The first kappa shape index (κ1) is 32.7. The van der Waals surface area contributed by atoms with Gasteiger partial charge in [0.25, 0.3) is 0 Å². The van der Waals surface area contributed by atoms with Gasteiger partial charge in [-0.05, 0) is 42.8 Å². The average molecular weight is 544 g/mol. The maximum Gasteiger partial charge on any atom is 0.191 e. The number of aryl methyl sites for hydroxylation is 1. The van der Waals surface area contributed by atoms with Gasteiger partial charge in [-0.25, -0.2) is 0 Å². The minimum Gasteiger partial charge on any atom is -0.497 e. The van der Waals surface area contributed by atoms with Crippen LogP contribution in [0.2, 0.25) is 0 Å². The number of ketones is 2. The number of hydrogen-bond acceptors (Lipinski definition) is 8. The van der Waals surface area contributed by atoms with E-state index in [9.17, 15) is 9.59 Å². The van der Waals surface area contributed by atoms with E-state index in [1.54, 1.807) is 32.4 Å². The molecule has 0 bridgehead atoms. The molecular formula is C29H41N3O5S. The van der Waals surface area contributed by atoms with Gasteiger partial charge < -0.3 is 18.8 Å². The summed E-state index contributed by atoms with van der Waals surface area (Å²) in [5, 5.41) is 9.19. The molecule has 1 aromatic heterocycles. The van der Waals surface area contributed by atoms with Crippen molar-refractivity contribution in [3.63, 3.8) is 0 Å². The lowest BCUT2D eigenvalue weighted by Gasteiger charge is -2.09. The van der Waals surface area contributed by atoms with Gasteiger partial charge in [0.2, 0.25) is 0 Å². The molecule has 38 heavy (non-hydrogen) atoms. The Morgan fingerprint density at radius 1 is 0.868 bits per heavy atom. The van der Waals surface area contributed by atoms with Crippen molar-refractivity contribution in [3.8, 4) is 17.2 Å². The molecule has 8 nitrogen and oxygen atoms in total. The van der Waals surface area contributed by atoms with E-state index in [-0.39, 0.29) is 18.0 Å². The second kappa shape index (κ2) is 18.0. The van der Waals surface area contributed by atoms with Crippen LogP contribution in [0.1, 0.15) is 62.8 Å². The Labute approximate surface area is 231 Å².